The van der Waals surface area contributed by atoms with E-state index in [1.54, 1.807) is 18.2 Å². The lowest BCUT2D eigenvalue weighted by atomic mass is 10.2. The first-order valence-electron chi connectivity index (χ1n) is 5.84. The second kappa shape index (κ2) is 9.33. The van der Waals surface area contributed by atoms with E-state index < -0.39 is 21.5 Å². The fraction of sp³-hybridized carbons (Fsp3) is 0.417. The Hall–Kier alpha value is -0.630. The van der Waals surface area contributed by atoms with Crippen molar-refractivity contribution in [2.75, 3.05) is 18.8 Å². The number of rotatable bonds is 7. The maximum atomic E-state index is 11.9. The molecule has 0 fully saturated rings. The number of hydrogen-bond donors (Lipinski definition) is 2. The van der Waals surface area contributed by atoms with Crippen molar-refractivity contribution in [2.45, 2.75) is 12.2 Å². The van der Waals surface area contributed by atoms with Crippen LogP contribution in [-0.2, 0) is 20.4 Å². The molecule has 0 aromatic heterocycles. The first-order valence-corrected chi connectivity index (χ1v) is 8.46. The van der Waals surface area contributed by atoms with Crippen LogP contribution in [-0.4, -0.2) is 33.2 Å². The maximum absolute atomic E-state index is 11.9. The summed E-state index contributed by atoms with van der Waals surface area (Å²) < 4.78 is 24.5. The highest BCUT2D eigenvalue weighted by Crippen LogP contribution is 2.14. The fourth-order valence-corrected chi connectivity index (χ4v) is 3.25. The lowest BCUT2D eigenvalue weighted by molar-refractivity contribution is -0.118. The van der Waals surface area contributed by atoms with Gasteiger partial charge in [-0.25, -0.2) is 8.42 Å². The Morgan fingerprint density at radius 2 is 2.05 bits per heavy atom. The molecule has 0 aliphatic heterocycles. The molecule has 20 heavy (non-hydrogen) atoms. The number of nitrogens with two attached hydrogens (primary N) is 1. The molecule has 8 heteroatoms. The monoisotopic (exact) mass is 384 g/mol. The predicted molar refractivity (Wildman–Crippen MR) is 85.6 cm³/mol. The van der Waals surface area contributed by atoms with Crippen LogP contribution in [0.1, 0.15) is 12.0 Å². The second-order valence-corrected chi connectivity index (χ2v) is 7.13. The van der Waals surface area contributed by atoms with Gasteiger partial charge in [0.1, 0.15) is 5.75 Å². The largest absolute Gasteiger partial charge is 0.355 e. The Balaban J connectivity index is 0.00000361. The van der Waals surface area contributed by atoms with Crippen LogP contribution in [0.4, 0.5) is 0 Å². The summed E-state index contributed by atoms with van der Waals surface area (Å²) >= 11 is 3.28. The summed E-state index contributed by atoms with van der Waals surface area (Å²) in [6, 6.07) is 7.02. The fourth-order valence-electron chi connectivity index (χ4n) is 1.51. The van der Waals surface area contributed by atoms with E-state index in [4.69, 9.17) is 5.73 Å². The zero-order valence-corrected chi connectivity index (χ0v) is 14.1. The molecular weight excluding hydrogens is 368 g/mol. The van der Waals surface area contributed by atoms with Gasteiger partial charge < -0.3 is 11.1 Å². The lowest BCUT2D eigenvalue weighted by Crippen LogP contribution is -2.32. The number of amides is 1. The number of carbonyl (C=O) groups is 1. The Bertz CT molecular complexity index is 537. The van der Waals surface area contributed by atoms with Gasteiger partial charge in [0, 0.05) is 11.0 Å². The molecule has 0 bridgehead atoms. The van der Waals surface area contributed by atoms with E-state index in [1.165, 1.54) is 0 Å². The molecule has 3 N–H and O–H groups in total. The van der Waals surface area contributed by atoms with Crippen molar-refractivity contribution < 1.29 is 13.2 Å². The summed E-state index contributed by atoms with van der Waals surface area (Å²) in [5, 5.41) is 2.53. The van der Waals surface area contributed by atoms with Gasteiger partial charge in [0.25, 0.3) is 0 Å². The van der Waals surface area contributed by atoms with Crippen LogP contribution in [0.3, 0.4) is 0 Å². The van der Waals surface area contributed by atoms with E-state index in [1.807, 2.05) is 6.07 Å². The van der Waals surface area contributed by atoms with Crippen LogP contribution < -0.4 is 11.1 Å². The van der Waals surface area contributed by atoms with Crippen LogP contribution in [0, 0.1) is 0 Å². The Labute approximate surface area is 133 Å². The number of sulfone groups is 1. The molecule has 0 saturated carbocycles. The minimum Gasteiger partial charge on any atom is -0.355 e. The van der Waals surface area contributed by atoms with Crippen LogP contribution in [0.25, 0.3) is 0 Å². The van der Waals surface area contributed by atoms with Gasteiger partial charge in [0.15, 0.2) is 9.84 Å². The van der Waals surface area contributed by atoms with Gasteiger partial charge in [-0.3, -0.25) is 4.79 Å². The zero-order chi connectivity index (χ0) is 14.3. The first-order chi connectivity index (χ1) is 8.93. The minimum atomic E-state index is -3.45. The number of nitrogens with one attached hydrogen (secondary N) is 1. The smallest absolute Gasteiger partial charge is 0.235 e. The van der Waals surface area contributed by atoms with Gasteiger partial charge in [-0.2, -0.15) is 0 Å². The molecule has 0 aliphatic rings. The van der Waals surface area contributed by atoms with E-state index in [9.17, 15) is 13.2 Å². The molecule has 1 rings (SSSR count). The maximum Gasteiger partial charge on any atom is 0.235 e. The van der Waals surface area contributed by atoms with E-state index in [-0.39, 0.29) is 18.2 Å². The minimum absolute atomic E-state index is 0. The topological polar surface area (TPSA) is 89.3 Å². The summed E-state index contributed by atoms with van der Waals surface area (Å²) in [7, 11) is -3.45. The van der Waals surface area contributed by atoms with Crippen molar-refractivity contribution in [3.8, 4) is 0 Å². The Kier molecular flexibility index (Phi) is 9.04. The van der Waals surface area contributed by atoms with Crippen LogP contribution in [0.2, 0.25) is 0 Å². The highest BCUT2D eigenvalue weighted by atomic mass is 79.9. The quantitative estimate of drug-likeness (QED) is 0.691. The van der Waals surface area contributed by atoms with Gasteiger partial charge in [0.05, 0.1) is 5.75 Å². The summed E-state index contributed by atoms with van der Waals surface area (Å²) in [4.78, 5) is 11.5. The molecule has 1 amide bonds. The van der Waals surface area contributed by atoms with Crippen molar-refractivity contribution in [1.82, 2.24) is 5.32 Å². The van der Waals surface area contributed by atoms with Gasteiger partial charge in [-0.1, -0.05) is 28.1 Å². The van der Waals surface area contributed by atoms with Crippen molar-refractivity contribution in [1.29, 1.82) is 0 Å². The normalized spacial score (nSPS) is 10.7. The van der Waals surface area contributed by atoms with Crippen LogP contribution >= 0.6 is 28.3 Å². The predicted octanol–water partition coefficient (Wildman–Crippen LogP) is 1.25. The summed E-state index contributed by atoms with van der Waals surface area (Å²) in [6.45, 7) is 0.868. The van der Waals surface area contributed by atoms with Gasteiger partial charge in [-0.05, 0) is 30.7 Å². The molecular formula is C12H18BrClN2O3S. The molecule has 0 radical (unpaired) electrons. The number of benzene rings is 1. The molecule has 5 nitrogen and oxygen atoms in total. The number of carbonyl (C=O) groups excluding carboxylic acids is 1. The van der Waals surface area contributed by atoms with Crippen molar-refractivity contribution >= 4 is 44.1 Å². The average molecular weight is 386 g/mol. The van der Waals surface area contributed by atoms with E-state index in [0.717, 1.165) is 4.47 Å². The van der Waals surface area contributed by atoms with Gasteiger partial charge in [-0.15, -0.1) is 12.4 Å². The summed E-state index contributed by atoms with van der Waals surface area (Å²) in [5.41, 5.74) is 5.94. The van der Waals surface area contributed by atoms with Crippen molar-refractivity contribution in [2.24, 2.45) is 5.73 Å². The molecule has 0 aliphatic carbocycles. The highest BCUT2D eigenvalue weighted by Gasteiger charge is 2.17. The number of halogens is 2. The van der Waals surface area contributed by atoms with E-state index in [2.05, 4.69) is 21.2 Å². The molecule has 0 saturated heterocycles. The highest BCUT2D eigenvalue weighted by molar-refractivity contribution is 9.10. The second-order valence-electron chi connectivity index (χ2n) is 4.15. The van der Waals surface area contributed by atoms with Crippen LogP contribution in [0.5, 0.6) is 0 Å². The molecule has 0 spiro atoms. The van der Waals surface area contributed by atoms with Crippen LogP contribution in [0.15, 0.2) is 28.7 Å². The standard InChI is InChI=1S/C12H17BrN2O3S.ClH/c13-11-4-1-3-10(7-11)8-19(17,18)9-12(16)15-6-2-5-14;/h1,3-4,7H,2,5-6,8-9,14H2,(H,15,16);1H. The lowest BCUT2D eigenvalue weighted by Gasteiger charge is -2.06. The van der Waals surface area contributed by atoms with E-state index >= 15 is 0 Å². The molecule has 114 valence electrons. The average Bonchev–Trinajstić information content (AvgIpc) is 2.27. The molecule has 1 aromatic carbocycles. The van der Waals surface area contributed by atoms with Crippen molar-refractivity contribution in [3.05, 3.63) is 34.3 Å². The van der Waals surface area contributed by atoms with E-state index in [0.29, 0.717) is 25.1 Å². The third kappa shape index (κ3) is 7.84. The van der Waals surface area contributed by atoms with Gasteiger partial charge >= 0.3 is 0 Å². The molecule has 0 atom stereocenters. The third-order valence-corrected chi connectivity index (χ3v) is 4.30. The first kappa shape index (κ1) is 19.4. The molecule has 1 aromatic rings. The summed E-state index contributed by atoms with van der Waals surface area (Å²) in [5.74, 6) is -1.12. The SMILES string of the molecule is Cl.NCCCNC(=O)CS(=O)(=O)Cc1cccc(Br)c1. The van der Waals surface area contributed by atoms with Crippen molar-refractivity contribution in [3.63, 3.8) is 0 Å². The number of hydrogen-bond acceptors (Lipinski definition) is 4. The molecule has 0 unspecified atom stereocenters. The zero-order valence-electron chi connectivity index (χ0n) is 10.8. The third-order valence-electron chi connectivity index (χ3n) is 2.33. The van der Waals surface area contributed by atoms with Gasteiger partial charge in [0.2, 0.25) is 5.91 Å². The Morgan fingerprint density at radius 1 is 1.35 bits per heavy atom. The Morgan fingerprint density at radius 3 is 2.65 bits per heavy atom. The molecule has 0 heterocycles. The summed E-state index contributed by atoms with van der Waals surface area (Å²) in [6.07, 6.45) is 0.636.